The van der Waals surface area contributed by atoms with Crippen molar-refractivity contribution in [3.05, 3.63) is 53.1 Å². The molecule has 4 aromatic rings. The van der Waals surface area contributed by atoms with Crippen molar-refractivity contribution in [1.29, 1.82) is 0 Å². The van der Waals surface area contributed by atoms with E-state index in [1.54, 1.807) is 0 Å². The average Bonchev–Trinajstić information content (AvgIpc) is 3.23. The number of anilines is 1. The van der Waals surface area contributed by atoms with Gasteiger partial charge in [0.15, 0.2) is 11.5 Å². The number of amides is 1. The first-order valence-corrected chi connectivity index (χ1v) is 11.7. The zero-order chi connectivity index (χ0) is 23.3. The lowest BCUT2D eigenvalue weighted by Gasteiger charge is -2.41. The molecule has 1 atom stereocenters. The molecule has 170 valence electrons. The first-order valence-electron chi connectivity index (χ1n) is 11.3. The number of halogens is 1. The van der Waals surface area contributed by atoms with Gasteiger partial charge in [0.1, 0.15) is 0 Å². The fourth-order valence-corrected chi connectivity index (χ4v) is 4.77. The lowest BCUT2D eigenvalue weighted by atomic mass is 10.1. The molecule has 0 bridgehead atoms. The molecule has 2 aromatic heterocycles. The Bertz CT molecular complexity index is 1360. The van der Waals surface area contributed by atoms with Gasteiger partial charge in [-0.15, -0.1) is 10.2 Å². The van der Waals surface area contributed by atoms with Crippen molar-refractivity contribution in [2.75, 3.05) is 24.5 Å². The van der Waals surface area contributed by atoms with Gasteiger partial charge in [0.25, 0.3) is 0 Å². The minimum absolute atomic E-state index is 0.0165. The molecule has 1 unspecified atom stereocenters. The largest absolute Gasteiger partial charge is 0.338 e. The van der Waals surface area contributed by atoms with Gasteiger partial charge in [0, 0.05) is 47.6 Å². The van der Waals surface area contributed by atoms with Crippen LogP contribution in [-0.2, 0) is 4.79 Å². The molecule has 2 aromatic carbocycles. The van der Waals surface area contributed by atoms with E-state index in [4.69, 9.17) is 16.6 Å². The molecule has 1 amide bonds. The fourth-order valence-electron chi connectivity index (χ4n) is 4.60. The quantitative estimate of drug-likeness (QED) is 0.445. The number of nitrogens with zero attached hydrogens (tertiary/aromatic N) is 6. The number of piperazine rings is 1. The van der Waals surface area contributed by atoms with Gasteiger partial charge in [-0.2, -0.15) is 0 Å². The number of carbonyl (C=O) groups is 1. The summed E-state index contributed by atoms with van der Waals surface area (Å²) in [4.78, 5) is 21.9. The Hall–Kier alpha value is -3.19. The van der Waals surface area contributed by atoms with Crippen LogP contribution in [0, 0.1) is 12.8 Å². The standard InChI is InChI=1S/C25H27ClN6O/c1-15(2)24(33)31-12-11-30(14-17(31)4)25-27-21-13-18(26)9-10-20(21)23-29-28-22(32(23)25)19-8-6-5-7-16(19)3/h5-10,13,15,17H,11-12,14H2,1-4H3. The Labute approximate surface area is 198 Å². The van der Waals surface area contributed by atoms with Crippen molar-refractivity contribution >= 4 is 40.0 Å². The predicted octanol–water partition coefficient (Wildman–Crippen LogP) is 4.60. The predicted molar refractivity (Wildman–Crippen MR) is 132 cm³/mol. The number of benzene rings is 2. The van der Waals surface area contributed by atoms with E-state index < -0.39 is 0 Å². The molecule has 0 saturated carbocycles. The van der Waals surface area contributed by atoms with Crippen molar-refractivity contribution in [1.82, 2.24) is 24.5 Å². The molecule has 7 nitrogen and oxygen atoms in total. The summed E-state index contributed by atoms with van der Waals surface area (Å²) in [5.74, 6) is 1.70. The van der Waals surface area contributed by atoms with Gasteiger partial charge in [-0.25, -0.2) is 9.38 Å². The third-order valence-electron chi connectivity index (χ3n) is 6.36. The Morgan fingerprint density at radius 3 is 2.64 bits per heavy atom. The van der Waals surface area contributed by atoms with Crippen LogP contribution in [0.4, 0.5) is 5.95 Å². The molecule has 5 rings (SSSR count). The molecule has 0 aliphatic carbocycles. The highest BCUT2D eigenvalue weighted by Gasteiger charge is 2.31. The van der Waals surface area contributed by atoms with Crippen LogP contribution >= 0.6 is 11.6 Å². The van der Waals surface area contributed by atoms with E-state index in [2.05, 4.69) is 41.1 Å². The first-order chi connectivity index (χ1) is 15.8. The van der Waals surface area contributed by atoms with Crippen LogP contribution in [0.3, 0.4) is 0 Å². The monoisotopic (exact) mass is 462 g/mol. The highest BCUT2D eigenvalue weighted by atomic mass is 35.5. The lowest BCUT2D eigenvalue weighted by Crippen LogP contribution is -2.55. The Morgan fingerprint density at radius 2 is 1.91 bits per heavy atom. The number of hydrogen-bond acceptors (Lipinski definition) is 5. The number of rotatable bonds is 3. The van der Waals surface area contributed by atoms with Gasteiger partial charge in [-0.3, -0.25) is 4.79 Å². The number of aromatic nitrogens is 4. The topological polar surface area (TPSA) is 66.6 Å². The van der Waals surface area contributed by atoms with Crippen molar-refractivity contribution in [3.8, 4) is 11.4 Å². The van der Waals surface area contributed by atoms with E-state index >= 15 is 0 Å². The molecule has 0 N–H and O–H groups in total. The fraction of sp³-hybridized carbons (Fsp3) is 0.360. The number of aryl methyl sites for hydroxylation is 1. The highest BCUT2D eigenvalue weighted by Crippen LogP contribution is 2.31. The minimum Gasteiger partial charge on any atom is -0.338 e. The van der Waals surface area contributed by atoms with Crippen LogP contribution in [0.15, 0.2) is 42.5 Å². The summed E-state index contributed by atoms with van der Waals surface area (Å²) in [5.41, 5.74) is 3.66. The maximum Gasteiger partial charge on any atom is 0.225 e. The summed E-state index contributed by atoms with van der Waals surface area (Å²) in [5, 5.41) is 10.7. The van der Waals surface area contributed by atoms with Gasteiger partial charge in [0.2, 0.25) is 11.9 Å². The van der Waals surface area contributed by atoms with Gasteiger partial charge in [-0.05, 0) is 37.6 Å². The van der Waals surface area contributed by atoms with Crippen LogP contribution in [0.2, 0.25) is 5.02 Å². The van der Waals surface area contributed by atoms with Crippen molar-refractivity contribution in [3.63, 3.8) is 0 Å². The van der Waals surface area contributed by atoms with E-state index in [0.29, 0.717) is 24.7 Å². The van der Waals surface area contributed by atoms with Gasteiger partial charge >= 0.3 is 0 Å². The average molecular weight is 463 g/mol. The van der Waals surface area contributed by atoms with Crippen molar-refractivity contribution < 1.29 is 4.79 Å². The molecule has 3 heterocycles. The van der Waals surface area contributed by atoms with Crippen LogP contribution < -0.4 is 4.90 Å². The van der Waals surface area contributed by atoms with Crippen LogP contribution in [-0.4, -0.2) is 56.1 Å². The SMILES string of the molecule is Cc1ccccc1-c1nnc2c3ccc(Cl)cc3nc(N3CCN(C(=O)C(C)C)C(C)C3)n12. The molecule has 1 fully saturated rings. The number of fused-ring (bicyclic) bond motifs is 3. The summed E-state index contributed by atoms with van der Waals surface area (Å²) in [7, 11) is 0. The second-order valence-electron chi connectivity index (χ2n) is 9.05. The van der Waals surface area contributed by atoms with E-state index in [-0.39, 0.29) is 17.9 Å². The molecule has 0 spiro atoms. The second kappa shape index (κ2) is 8.30. The third-order valence-corrected chi connectivity index (χ3v) is 6.59. The van der Waals surface area contributed by atoms with Crippen LogP contribution in [0.25, 0.3) is 27.9 Å². The van der Waals surface area contributed by atoms with Gasteiger partial charge in [0.05, 0.1) is 5.52 Å². The zero-order valence-corrected chi connectivity index (χ0v) is 20.0. The third kappa shape index (κ3) is 3.70. The lowest BCUT2D eigenvalue weighted by molar-refractivity contribution is -0.136. The Kier molecular flexibility index (Phi) is 5.44. The summed E-state index contributed by atoms with van der Waals surface area (Å²) >= 11 is 6.30. The summed E-state index contributed by atoms with van der Waals surface area (Å²) < 4.78 is 2.05. The van der Waals surface area contributed by atoms with Crippen LogP contribution in [0.1, 0.15) is 26.3 Å². The van der Waals surface area contributed by atoms with Gasteiger partial charge in [-0.1, -0.05) is 49.7 Å². The number of hydrogen-bond donors (Lipinski definition) is 0. The minimum atomic E-state index is -0.0165. The second-order valence-corrected chi connectivity index (χ2v) is 9.49. The van der Waals surface area contributed by atoms with E-state index in [9.17, 15) is 4.79 Å². The Balaban J connectivity index is 1.68. The van der Waals surface area contributed by atoms with E-state index in [0.717, 1.165) is 39.4 Å². The van der Waals surface area contributed by atoms with Crippen molar-refractivity contribution in [2.45, 2.75) is 33.7 Å². The summed E-state index contributed by atoms with van der Waals surface area (Å²) in [6, 6.07) is 13.9. The number of carbonyl (C=O) groups excluding carboxylic acids is 1. The highest BCUT2D eigenvalue weighted by molar-refractivity contribution is 6.31. The van der Waals surface area contributed by atoms with Crippen molar-refractivity contribution in [2.24, 2.45) is 5.92 Å². The first kappa shape index (κ1) is 21.6. The zero-order valence-electron chi connectivity index (χ0n) is 19.3. The molecule has 8 heteroatoms. The van der Waals surface area contributed by atoms with E-state index in [1.807, 2.05) is 53.5 Å². The summed E-state index contributed by atoms with van der Waals surface area (Å²) in [6.07, 6.45) is 0. The molecular weight excluding hydrogens is 436 g/mol. The van der Waals surface area contributed by atoms with Gasteiger partial charge < -0.3 is 9.80 Å². The Morgan fingerprint density at radius 1 is 1.12 bits per heavy atom. The maximum absolute atomic E-state index is 12.7. The molecule has 1 aliphatic heterocycles. The van der Waals surface area contributed by atoms with E-state index in [1.165, 1.54) is 0 Å². The molecular formula is C25H27ClN6O. The summed E-state index contributed by atoms with van der Waals surface area (Å²) in [6.45, 7) is 10.1. The molecule has 0 radical (unpaired) electrons. The van der Waals surface area contributed by atoms with Crippen LogP contribution in [0.5, 0.6) is 0 Å². The molecule has 33 heavy (non-hydrogen) atoms. The molecule has 1 saturated heterocycles. The smallest absolute Gasteiger partial charge is 0.225 e. The normalized spacial score (nSPS) is 16.8. The maximum atomic E-state index is 12.7. The molecule has 1 aliphatic rings.